The fraction of sp³-hybridized carbons (Fsp3) is 0.263. The number of nitrogens with one attached hydrogen (secondary N) is 1. The lowest BCUT2D eigenvalue weighted by atomic mass is 10.1. The molecule has 0 aliphatic carbocycles. The number of rotatable bonds is 5. The molecular weight excluding hydrogens is 342 g/mol. The van der Waals surface area contributed by atoms with Crippen LogP contribution in [-0.2, 0) is 9.53 Å². The highest BCUT2D eigenvalue weighted by Crippen LogP contribution is 2.23. The number of halogens is 1. The van der Waals surface area contributed by atoms with E-state index in [1.54, 1.807) is 13.0 Å². The molecule has 6 heteroatoms. The van der Waals surface area contributed by atoms with Crippen molar-refractivity contribution in [3.05, 3.63) is 58.1 Å². The molecule has 0 spiro atoms. The van der Waals surface area contributed by atoms with Gasteiger partial charge in [-0.25, -0.2) is 4.79 Å². The lowest BCUT2D eigenvalue weighted by Crippen LogP contribution is -2.30. The summed E-state index contributed by atoms with van der Waals surface area (Å²) in [5.74, 6) is -0.242. The largest absolute Gasteiger partial charge is 0.481 e. The topological polar surface area (TPSA) is 64.6 Å². The van der Waals surface area contributed by atoms with Crippen LogP contribution in [0.4, 0.5) is 5.69 Å². The van der Waals surface area contributed by atoms with Gasteiger partial charge in [-0.15, -0.1) is 0 Å². The Bertz CT molecular complexity index is 804. The van der Waals surface area contributed by atoms with E-state index in [-0.39, 0.29) is 16.5 Å². The third-order valence-corrected chi connectivity index (χ3v) is 3.99. The van der Waals surface area contributed by atoms with Gasteiger partial charge >= 0.3 is 5.97 Å². The van der Waals surface area contributed by atoms with E-state index >= 15 is 0 Å². The van der Waals surface area contributed by atoms with E-state index in [1.807, 2.05) is 32.0 Å². The molecule has 0 saturated carbocycles. The van der Waals surface area contributed by atoms with Gasteiger partial charge in [0.25, 0.3) is 5.91 Å². The van der Waals surface area contributed by atoms with Crippen LogP contribution in [0, 0.1) is 13.8 Å². The van der Waals surface area contributed by atoms with Gasteiger partial charge in [-0.1, -0.05) is 23.7 Å². The average Bonchev–Trinajstić information content (AvgIpc) is 2.59. The van der Waals surface area contributed by atoms with E-state index in [0.717, 1.165) is 11.1 Å². The molecule has 0 fully saturated rings. The second-order valence-corrected chi connectivity index (χ2v) is 6.11. The van der Waals surface area contributed by atoms with Crippen molar-refractivity contribution in [3.63, 3.8) is 0 Å². The van der Waals surface area contributed by atoms with Gasteiger partial charge in [0.05, 0.1) is 17.7 Å². The van der Waals surface area contributed by atoms with E-state index in [1.165, 1.54) is 19.2 Å². The molecule has 0 aliphatic rings. The van der Waals surface area contributed by atoms with Crippen molar-refractivity contribution in [1.82, 2.24) is 0 Å². The van der Waals surface area contributed by atoms with Crippen LogP contribution in [0.3, 0.4) is 0 Å². The summed E-state index contributed by atoms with van der Waals surface area (Å²) in [6.07, 6.45) is -0.710. The Kier molecular flexibility index (Phi) is 6.04. The van der Waals surface area contributed by atoms with Crippen LogP contribution in [-0.4, -0.2) is 25.1 Å². The molecule has 25 heavy (non-hydrogen) atoms. The highest BCUT2D eigenvalue weighted by molar-refractivity contribution is 6.33. The van der Waals surface area contributed by atoms with Gasteiger partial charge in [0, 0.05) is 5.69 Å². The zero-order chi connectivity index (χ0) is 18.6. The SMILES string of the molecule is COC(=O)c1cc(NC(=O)[C@H](C)Oc2cc(C)ccc2C)ccc1Cl. The number of hydrogen-bond donors (Lipinski definition) is 1. The highest BCUT2D eigenvalue weighted by Gasteiger charge is 2.18. The van der Waals surface area contributed by atoms with Gasteiger partial charge in [0.15, 0.2) is 6.10 Å². The molecule has 1 amide bonds. The maximum absolute atomic E-state index is 12.4. The minimum atomic E-state index is -0.710. The fourth-order valence-electron chi connectivity index (χ4n) is 2.19. The first-order valence-electron chi connectivity index (χ1n) is 7.74. The zero-order valence-electron chi connectivity index (χ0n) is 14.6. The quantitative estimate of drug-likeness (QED) is 0.812. The van der Waals surface area contributed by atoms with E-state index in [2.05, 4.69) is 10.1 Å². The molecule has 1 N–H and O–H groups in total. The monoisotopic (exact) mass is 361 g/mol. The highest BCUT2D eigenvalue weighted by atomic mass is 35.5. The van der Waals surface area contributed by atoms with Gasteiger partial charge in [-0.05, 0) is 56.2 Å². The minimum Gasteiger partial charge on any atom is -0.481 e. The van der Waals surface area contributed by atoms with Crippen molar-refractivity contribution in [2.45, 2.75) is 26.9 Å². The maximum atomic E-state index is 12.4. The Balaban J connectivity index is 2.11. The number of esters is 1. The van der Waals surface area contributed by atoms with Gasteiger partial charge in [-0.2, -0.15) is 0 Å². The number of aryl methyl sites for hydroxylation is 2. The molecule has 0 unspecified atom stereocenters. The third kappa shape index (κ3) is 4.73. The van der Waals surface area contributed by atoms with E-state index < -0.39 is 12.1 Å². The second-order valence-electron chi connectivity index (χ2n) is 5.70. The van der Waals surface area contributed by atoms with Crippen LogP contribution in [0.25, 0.3) is 0 Å². The van der Waals surface area contributed by atoms with Crippen molar-refractivity contribution in [3.8, 4) is 5.75 Å². The van der Waals surface area contributed by atoms with Crippen molar-refractivity contribution in [2.75, 3.05) is 12.4 Å². The number of carbonyl (C=O) groups excluding carboxylic acids is 2. The Hall–Kier alpha value is -2.53. The summed E-state index contributed by atoms with van der Waals surface area (Å²) in [7, 11) is 1.27. The summed E-state index contributed by atoms with van der Waals surface area (Å²) < 4.78 is 10.4. The molecule has 2 aromatic rings. The smallest absolute Gasteiger partial charge is 0.339 e. The Morgan fingerprint density at radius 1 is 1.12 bits per heavy atom. The normalized spacial score (nSPS) is 11.6. The van der Waals surface area contributed by atoms with Crippen molar-refractivity contribution in [1.29, 1.82) is 0 Å². The molecule has 0 aliphatic heterocycles. The van der Waals surface area contributed by atoms with E-state index in [4.69, 9.17) is 16.3 Å². The third-order valence-electron chi connectivity index (χ3n) is 3.66. The number of hydrogen-bond acceptors (Lipinski definition) is 4. The predicted molar refractivity (Wildman–Crippen MR) is 97.4 cm³/mol. The summed E-state index contributed by atoms with van der Waals surface area (Å²) in [5.41, 5.74) is 2.62. The Morgan fingerprint density at radius 2 is 1.84 bits per heavy atom. The number of carbonyl (C=O) groups is 2. The van der Waals surface area contributed by atoms with Crippen LogP contribution >= 0.6 is 11.6 Å². The molecule has 2 rings (SSSR count). The number of amides is 1. The predicted octanol–water partition coefficient (Wildman–Crippen LogP) is 4.15. The van der Waals surface area contributed by atoms with Crippen LogP contribution < -0.4 is 10.1 Å². The lowest BCUT2D eigenvalue weighted by molar-refractivity contribution is -0.122. The Labute approximate surface area is 151 Å². The first kappa shape index (κ1) is 18.8. The average molecular weight is 362 g/mol. The molecule has 5 nitrogen and oxygen atoms in total. The van der Waals surface area contributed by atoms with Crippen molar-refractivity contribution < 1.29 is 19.1 Å². The molecule has 2 aromatic carbocycles. The molecule has 0 heterocycles. The lowest BCUT2D eigenvalue weighted by Gasteiger charge is -2.17. The number of benzene rings is 2. The summed E-state index contributed by atoms with van der Waals surface area (Å²) in [4.78, 5) is 24.0. The molecule has 0 saturated heterocycles. The van der Waals surface area contributed by atoms with Gasteiger partial charge in [0.2, 0.25) is 0 Å². The molecule has 132 valence electrons. The molecular formula is C19H20ClNO4. The van der Waals surface area contributed by atoms with Crippen LogP contribution in [0.15, 0.2) is 36.4 Å². The van der Waals surface area contributed by atoms with Gasteiger partial charge in [0.1, 0.15) is 5.75 Å². The Morgan fingerprint density at radius 3 is 2.52 bits per heavy atom. The maximum Gasteiger partial charge on any atom is 0.339 e. The summed E-state index contributed by atoms with van der Waals surface area (Å²) in [6.45, 7) is 5.54. The van der Waals surface area contributed by atoms with Crippen molar-refractivity contribution in [2.24, 2.45) is 0 Å². The van der Waals surface area contributed by atoms with Gasteiger partial charge < -0.3 is 14.8 Å². The first-order valence-corrected chi connectivity index (χ1v) is 8.12. The number of methoxy groups -OCH3 is 1. The van der Waals surface area contributed by atoms with Crippen LogP contribution in [0.1, 0.15) is 28.4 Å². The number of anilines is 1. The summed E-state index contributed by atoms with van der Waals surface area (Å²) >= 11 is 5.97. The molecule has 0 radical (unpaired) electrons. The van der Waals surface area contributed by atoms with Crippen molar-refractivity contribution >= 4 is 29.2 Å². The summed E-state index contributed by atoms with van der Waals surface area (Å²) in [5, 5.41) is 2.97. The van der Waals surface area contributed by atoms with E-state index in [9.17, 15) is 9.59 Å². The van der Waals surface area contributed by atoms with Crippen LogP contribution in [0.2, 0.25) is 5.02 Å². The first-order chi connectivity index (χ1) is 11.8. The van der Waals surface area contributed by atoms with E-state index in [0.29, 0.717) is 11.4 Å². The minimum absolute atomic E-state index is 0.185. The zero-order valence-corrected chi connectivity index (χ0v) is 15.3. The van der Waals surface area contributed by atoms with Crippen LogP contribution in [0.5, 0.6) is 5.75 Å². The molecule has 0 bridgehead atoms. The second kappa shape index (κ2) is 8.03. The number of ether oxygens (including phenoxy) is 2. The molecule has 1 atom stereocenters. The molecule has 0 aromatic heterocycles. The fourth-order valence-corrected chi connectivity index (χ4v) is 2.39. The summed E-state index contributed by atoms with van der Waals surface area (Å²) in [6, 6.07) is 10.4. The standard InChI is InChI=1S/C19H20ClNO4/c1-11-5-6-12(2)17(9-11)25-13(3)18(22)21-14-7-8-16(20)15(10-14)19(23)24-4/h5-10,13H,1-4H3,(H,21,22)/t13-/m0/s1. The van der Waals surface area contributed by atoms with Gasteiger partial charge in [-0.3, -0.25) is 4.79 Å².